The van der Waals surface area contributed by atoms with Crippen molar-refractivity contribution in [1.29, 1.82) is 0 Å². The van der Waals surface area contributed by atoms with Crippen molar-refractivity contribution >= 4 is 29.1 Å². The molecule has 0 radical (unpaired) electrons. The van der Waals surface area contributed by atoms with Crippen LogP contribution in [-0.4, -0.2) is 16.6 Å². The fourth-order valence-electron chi connectivity index (χ4n) is 2.81. The largest absolute Gasteiger partial charge is 0.366 e. The van der Waals surface area contributed by atoms with Gasteiger partial charge in [0.1, 0.15) is 0 Å². The van der Waals surface area contributed by atoms with Gasteiger partial charge in [0, 0.05) is 39.8 Å². The van der Waals surface area contributed by atoms with Gasteiger partial charge in [0.2, 0.25) is 5.91 Å². The van der Waals surface area contributed by atoms with E-state index < -0.39 is 10.8 Å². The van der Waals surface area contributed by atoms with E-state index in [9.17, 15) is 19.7 Å². The number of rotatable bonds is 8. The first kappa shape index (κ1) is 20.3. The maximum Gasteiger partial charge on any atom is 0.269 e. The van der Waals surface area contributed by atoms with E-state index in [1.54, 1.807) is 36.0 Å². The summed E-state index contributed by atoms with van der Waals surface area (Å²) in [5.74, 6) is -0.627. The molecular formula is C22H18N2O4S. The van der Waals surface area contributed by atoms with Gasteiger partial charge in [-0.05, 0) is 42.0 Å². The van der Waals surface area contributed by atoms with Crippen LogP contribution in [0.25, 0.3) is 0 Å². The Morgan fingerprint density at radius 1 is 0.897 bits per heavy atom. The Balaban J connectivity index is 1.84. The SMILES string of the molecule is NC(=O)c1ccc(C(CC(=O)c2ccc([N+](=O)[O-])cc2)Sc2ccccc2)cc1. The Kier molecular flexibility index (Phi) is 6.41. The summed E-state index contributed by atoms with van der Waals surface area (Å²) in [6, 6.07) is 22.2. The molecule has 3 rings (SSSR count). The molecule has 3 aromatic carbocycles. The highest BCUT2D eigenvalue weighted by atomic mass is 32.2. The van der Waals surface area contributed by atoms with Crippen molar-refractivity contribution in [2.75, 3.05) is 0 Å². The fraction of sp³-hybridized carbons (Fsp3) is 0.0909. The maximum atomic E-state index is 12.8. The molecule has 1 amide bonds. The average molecular weight is 406 g/mol. The molecule has 0 aliphatic rings. The minimum atomic E-state index is -0.509. The van der Waals surface area contributed by atoms with Crippen molar-refractivity contribution < 1.29 is 14.5 Å². The van der Waals surface area contributed by atoms with Crippen LogP contribution in [0.3, 0.4) is 0 Å². The number of Topliss-reactive ketones (excluding diaryl/α,β-unsaturated/α-hetero) is 1. The number of amides is 1. The van der Waals surface area contributed by atoms with Gasteiger partial charge in [0.05, 0.1) is 4.92 Å². The number of nitrogens with two attached hydrogens (primary N) is 1. The van der Waals surface area contributed by atoms with Crippen LogP contribution in [0, 0.1) is 10.1 Å². The molecule has 146 valence electrons. The van der Waals surface area contributed by atoms with E-state index in [0.717, 1.165) is 10.5 Å². The Bertz CT molecular complexity index is 1020. The molecule has 29 heavy (non-hydrogen) atoms. The highest BCUT2D eigenvalue weighted by Crippen LogP contribution is 2.38. The summed E-state index contributed by atoms with van der Waals surface area (Å²) >= 11 is 1.54. The molecule has 0 saturated heterocycles. The van der Waals surface area contributed by atoms with Crippen LogP contribution < -0.4 is 5.73 Å². The van der Waals surface area contributed by atoms with Gasteiger partial charge in [0.15, 0.2) is 5.78 Å². The third kappa shape index (κ3) is 5.30. The molecule has 0 fully saturated rings. The number of non-ortho nitro benzene ring substituents is 1. The number of nitro groups is 1. The van der Waals surface area contributed by atoms with E-state index >= 15 is 0 Å². The number of carbonyl (C=O) groups is 2. The van der Waals surface area contributed by atoms with Gasteiger partial charge in [-0.15, -0.1) is 11.8 Å². The molecule has 1 atom stereocenters. The van der Waals surface area contributed by atoms with Gasteiger partial charge < -0.3 is 5.73 Å². The van der Waals surface area contributed by atoms with E-state index in [2.05, 4.69) is 0 Å². The van der Waals surface area contributed by atoms with Gasteiger partial charge in [0.25, 0.3) is 5.69 Å². The molecule has 1 unspecified atom stereocenters. The number of hydrogen-bond donors (Lipinski definition) is 1. The lowest BCUT2D eigenvalue weighted by Gasteiger charge is -2.17. The van der Waals surface area contributed by atoms with Crippen LogP contribution >= 0.6 is 11.8 Å². The normalized spacial score (nSPS) is 11.6. The summed E-state index contributed by atoms with van der Waals surface area (Å²) in [5.41, 5.74) is 6.96. The second-order valence-electron chi connectivity index (χ2n) is 6.34. The van der Waals surface area contributed by atoms with Crippen LogP contribution in [0.4, 0.5) is 5.69 Å². The lowest BCUT2D eigenvalue weighted by molar-refractivity contribution is -0.384. The predicted molar refractivity (Wildman–Crippen MR) is 112 cm³/mol. The summed E-state index contributed by atoms with van der Waals surface area (Å²) in [6.45, 7) is 0. The lowest BCUT2D eigenvalue weighted by atomic mass is 10.0. The zero-order valence-electron chi connectivity index (χ0n) is 15.4. The van der Waals surface area contributed by atoms with Gasteiger partial charge in [-0.2, -0.15) is 0 Å². The second kappa shape index (κ2) is 9.16. The quantitative estimate of drug-likeness (QED) is 0.250. The zero-order valence-corrected chi connectivity index (χ0v) is 16.2. The van der Waals surface area contributed by atoms with Crippen LogP contribution in [0.15, 0.2) is 83.8 Å². The van der Waals surface area contributed by atoms with E-state index in [1.165, 1.54) is 24.3 Å². The minimum absolute atomic E-state index is 0.0567. The van der Waals surface area contributed by atoms with Crippen molar-refractivity contribution in [3.8, 4) is 0 Å². The van der Waals surface area contributed by atoms with Crippen LogP contribution in [0.2, 0.25) is 0 Å². The van der Waals surface area contributed by atoms with Gasteiger partial charge in [-0.1, -0.05) is 30.3 Å². The zero-order chi connectivity index (χ0) is 20.8. The number of nitrogens with zero attached hydrogens (tertiary/aromatic N) is 1. The van der Waals surface area contributed by atoms with Crippen LogP contribution in [-0.2, 0) is 0 Å². The summed E-state index contributed by atoms with van der Waals surface area (Å²) in [5, 5.41) is 10.6. The fourth-order valence-corrected chi connectivity index (χ4v) is 3.98. The molecule has 0 bridgehead atoms. The van der Waals surface area contributed by atoms with E-state index in [0.29, 0.717) is 11.1 Å². The molecule has 6 nitrogen and oxygen atoms in total. The number of thioether (sulfide) groups is 1. The van der Waals surface area contributed by atoms with Crippen molar-refractivity contribution in [2.24, 2.45) is 5.73 Å². The molecule has 0 heterocycles. The third-order valence-corrected chi connectivity index (χ3v) is 5.63. The lowest BCUT2D eigenvalue weighted by Crippen LogP contribution is -2.11. The number of hydrogen-bond acceptors (Lipinski definition) is 5. The van der Waals surface area contributed by atoms with Crippen molar-refractivity contribution in [1.82, 2.24) is 0 Å². The number of carbonyl (C=O) groups excluding carboxylic acids is 2. The van der Waals surface area contributed by atoms with Crippen LogP contribution in [0.1, 0.15) is 38.0 Å². The first-order valence-corrected chi connectivity index (χ1v) is 9.71. The molecule has 0 aliphatic heterocycles. The summed E-state index contributed by atoms with van der Waals surface area (Å²) in [4.78, 5) is 35.5. The Morgan fingerprint density at radius 2 is 1.48 bits per heavy atom. The Hall–Kier alpha value is -3.45. The van der Waals surface area contributed by atoms with E-state index in [4.69, 9.17) is 5.73 Å². The molecule has 2 N–H and O–H groups in total. The molecule has 0 aliphatic carbocycles. The Labute approximate surface area is 171 Å². The molecule has 0 aromatic heterocycles. The van der Waals surface area contributed by atoms with Crippen molar-refractivity contribution in [3.05, 3.63) is 106 Å². The highest BCUT2D eigenvalue weighted by Gasteiger charge is 2.20. The monoisotopic (exact) mass is 406 g/mol. The molecule has 0 saturated carbocycles. The molecule has 3 aromatic rings. The third-order valence-electron chi connectivity index (χ3n) is 4.36. The minimum Gasteiger partial charge on any atom is -0.366 e. The van der Waals surface area contributed by atoms with Crippen LogP contribution in [0.5, 0.6) is 0 Å². The standard InChI is InChI=1S/C22H18N2O4S/c23-22(26)17-8-6-16(7-9-17)21(29-19-4-2-1-3-5-19)14-20(25)15-10-12-18(13-11-15)24(27)28/h1-13,21H,14H2,(H2,23,26). The molecular weight excluding hydrogens is 388 g/mol. The van der Waals surface area contributed by atoms with E-state index in [1.807, 2.05) is 30.3 Å². The summed E-state index contributed by atoms with van der Waals surface area (Å²) in [7, 11) is 0. The van der Waals surface area contributed by atoms with Crippen molar-refractivity contribution in [3.63, 3.8) is 0 Å². The van der Waals surface area contributed by atoms with Crippen molar-refractivity contribution in [2.45, 2.75) is 16.6 Å². The summed E-state index contributed by atoms with van der Waals surface area (Å²) < 4.78 is 0. The predicted octanol–water partition coefficient (Wildman–Crippen LogP) is 4.80. The maximum absolute atomic E-state index is 12.8. The number of ketones is 1. The first-order chi connectivity index (χ1) is 13.9. The highest BCUT2D eigenvalue weighted by molar-refractivity contribution is 7.99. The van der Waals surface area contributed by atoms with Gasteiger partial charge >= 0.3 is 0 Å². The van der Waals surface area contributed by atoms with Gasteiger partial charge in [-0.25, -0.2) is 0 Å². The number of nitro benzene ring substituents is 1. The average Bonchev–Trinajstić information content (AvgIpc) is 2.74. The number of primary amides is 1. The smallest absolute Gasteiger partial charge is 0.269 e. The topological polar surface area (TPSA) is 103 Å². The number of benzene rings is 3. The molecule has 7 heteroatoms. The second-order valence-corrected chi connectivity index (χ2v) is 7.61. The first-order valence-electron chi connectivity index (χ1n) is 8.83. The Morgan fingerprint density at radius 3 is 2.03 bits per heavy atom. The summed E-state index contributed by atoms with van der Waals surface area (Å²) in [6.07, 6.45) is 0.202. The van der Waals surface area contributed by atoms with Gasteiger partial charge in [-0.3, -0.25) is 19.7 Å². The van der Waals surface area contributed by atoms with E-state index in [-0.39, 0.29) is 23.1 Å². The molecule has 0 spiro atoms.